The van der Waals surface area contributed by atoms with Crippen LogP contribution in [0.5, 0.6) is 5.75 Å². The van der Waals surface area contributed by atoms with Crippen molar-refractivity contribution in [1.82, 2.24) is 5.32 Å². The van der Waals surface area contributed by atoms with Crippen molar-refractivity contribution in [3.63, 3.8) is 0 Å². The maximum Gasteiger partial charge on any atom is 0.326 e. The molecule has 21 heavy (non-hydrogen) atoms. The molecule has 0 unspecified atom stereocenters. The van der Waals surface area contributed by atoms with Crippen LogP contribution in [0.2, 0.25) is 0 Å². The summed E-state index contributed by atoms with van der Waals surface area (Å²) >= 11 is 1.33. The van der Waals surface area contributed by atoms with E-state index in [0.717, 1.165) is 15.8 Å². The van der Waals surface area contributed by atoms with Crippen LogP contribution in [0.25, 0.3) is 10.1 Å². The molecule has 0 bridgehead atoms. The van der Waals surface area contributed by atoms with Crippen LogP contribution in [-0.2, 0) is 4.79 Å². The maximum absolute atomic E-state index is 12.2. The molecule has 2 aromatic rings. The van der Waals surface area contributed by atoms with Gasteiger partial charge in [-0.2, -0.15) is 0 Å². The number of carboxylic acids is 1. The van der Waals surface area contributed by atoms with Crippen molar-refractivity contribution in [3.05, 3.63) is 29.1 Å². The zero-order valence-electron chi connectivity index (χ0n) is 12.0. The SMILES string of the molecule is COc1ccc2sc(C(=O)N[C@H](C(=O)O)C(C)C)cc2c1. The zero-order valence-corrected chi connectivity index (χ0v) is 12.9. The van der Waals surface area contributed by atoms with Crippen molar-refractivity contribution >= 4 is 33.3 Å². The van der Waals surface area contributed by atoms with Gasteiger partial charge in [-0.15, -0.1) is 11.3 Å². The van der Waals surface area contributed by atoms with E-state index in [2.05, 4.69) is 5.32 Å². The molecule has 0 saturated heterocycles. The monoisotopic (exact) mass is 307 g/mol. The average Bonchev–Trinajstić information content (AvgIpc) is 2.86. The molecule has 0 fully saturated rings. The number of methoxy groups -OCH3 is 1. The quantitative estimate of drug-likeness (QED) is 0.890. The van der Waals surface area contributed by atoms with Gasteiger partial charge >= 0.3 is 5.97 Å². The summed E-state index contributed by atoms with van der Waals surface area (Å²) in [7, 11) is 1.58. The summed E-state index contributed by atoms with van der Waals surface area (Å²) < 4.78 is 6.10. The van der Waals surface area contributed by atoms with E-state index in [1.165, 1.54) is 11.3 Å². The van der Waals surface area contributed by atoms with Gasteiger partial charge in [0.05, 0.1) is 12.0 Å². The van der Waals surface area contributed by atoms with E-state index in [-0.39, 0.29) is 11.8 Å². The predicted molar refractivity (Wildman–Crippen MR) is 82.1 cm³/mol. The van der Waals surface area contributed by atoms with E-state index in [4.69, 9.17) is 9.84 Å². The van der Waals surface area contributed by atoms with E-state index in [1.54, 1.807) is 27.0 Å². The zero-order chi connectivity index (χ0) is 15.6. The van der Waals surface area contributed by atoms with Crippen LogP contribution in [0.1, 0.15) is 23.5 Å². The van der Waals surface area contributed by atoms with Crippen LogP contribution in [0, 0.1) is 5.92 Å². The first-order valence-corrected chi connectivity index (χ1v) is 7.35. The van der Waals surface area contributed by atoms with Crippen molar-refractivity contribution < 1.29 is 19.4 Å². The summed E-state index contributed by atoms with van der Waals surface area (Å²) in [6, 6.07) is 6.41. The molecule has 0 spiro atoms. The summed E-state index contributed by atoms with van der Waals surface area (Å²) in [5, 5.41) is 12.6. The predicted octanol–water partition coefficient (Wildman–Crippen LogP) is 2.75. The third-order valence-corrected chi connectivity index (χ3v) is 4.28. The van der Waals surface area contributed by atoms with Gasteiger partial charge in [-0.25, -0.2) is 4.79 Å². The Labute approximate surface area is 126 Å². The molecule has 0 saturated carbocycles. The lowest BCUT2D eigenvalue weighted by Crippen LogP contribution is -2.44. The number of hydrogen-bond acceptors (Lipinski definition) is 4. The van der Waals surface area contributed by atoms with Gasteiger partial charge in [0.2, 0.25) is 0 Å². The number of thiophene rings is 1. The summed E-state index contributed by atoms with van der Waals surface area (Å²) in [5.74, 6) is -0.851. The van der Waals surface area contributed by atoms with Gasteiger partial charge in [0, 0.05) is 4.70 Å². The Morgan fingerprint density at radius 2 is 2.00 bits per heavy atom. The van der Waals surface area contributed by atoms with Gasteiger partial charge in [0.25, 0.3) is 5.91 Å². The number of carbonyl (C=O) groups excluding carboxylic acids is 1. The summed E-state index contributed by atoms with van der Waals surface area (Å²) in [5.41, 5.74) is 0. The maximum atomic E-state index is 12.2. The highest BCUT2D eigenvalue weighted by molar-refractivity contribution is 7.20. The molecule has 1 aromatic heterocycles. The lowest BCUT2D eigenvalue weighted by Gasteiger charge is -2.17. The highest BCUT2D eigenvalue weighted by atomic mass is 32.1. The minimum absolute atomic E-state index is 0.180. The topological polar surface area (TPSA) is 75.6 Å². The van der Waals surface area contributed by atoms with Gasteiger partial charge in [0.15, 0.2) is 0 Å². The molecule has 1 aromatic carbocycles. The Kier molecular flexibility index (Phi) is 4.47. The van der Waals surface area contributed by atoms with E-state index in [0.29, 0.717) is 4.88 Å². The van der Waals surface area contributed by atoms with Crippen LogP contribution in [0.3, 0.4) is 0 Å². The van der Waals surface area contributed by atoms with Crippen molar-refractivity contribution in [2.24, 2.45) is 5.92 Å². The molecule has 5 nitrogen and oxygen atoms in total. The summed E-state index contributed by atoms with van der Waals surface area (Å²) in [6.07, 6.45) is 0. The summed E-state index contributed by atoms with van der Waals surface area (Å²) in [6.45, 7) is 3.52. The highest BCUT2D eigenvalue weighted by Gasteiger charge is 2.24. The molecule has 112 valence electrons. The van der Waals surface area contributed by atoms with Crippen LogP contribution < -0.4 is 10.1 Å². The fraction of sp³-hybridized carbons (Fsp3) is 0.333. The van der Waals surface area contributed by atoms with Crippen molar-refractivity contribution in [2.45, 2.75) is 19.9 Å². The van der Waals surface area contributed by atoms with E-state index in [1.807, 2.05) is 18.2 Å². The van der Waals surface area contributed by atoms with E-state index in [9.17, 15) is 9.59 Å². The molecular formula is C15H17NO4S. The minimum atomic E-state index is -1.03. The number of fused-ring (bicyclic) bond motifs is 1. The number of aliphatic carboxylic acids is 1. The largest absolute Gasteiger partial charge is 0.497 e. The normalized spacial score (nSPS) is 12.4. The van der Waals surface area contributed by atoms with Gasteiger partial charge < -0.3 is 15.2 Å². The van der Waals surface area contributed by atoms with Crippen molar-refractivity contribution in [1.29, 1.82) is 0 Å². The fourth-order valence-corrected chi connectivity index (χ4v) is 2.93. The lowest BCUT2D eigenvalue weighted by molar-refractivity contribution is -0.140. The van der Waals surface area contributed by atoms with Gasteiger partial charge in [0.1, 0.15) is 11.8 Å². The molecule has 0 aliphatic rings. The number of carbonyl (C=O) groups is 2. The molecule has 1 heterocycles. The van der Waals surface area contributed by atoms with Gasteiger partial charge in [-0.05, 0) is 35.6 Å². The number of carboxylic acid groups (broad SMARTS) is 1. The number of ether oxygens (including phenoxy) is 1. The first kappa shape index (κ1) is 15.3. The third-order valence-electron chi connectivity index (χ3n) is 3.17. The Bertz CT molecular complexity index is 677. The second kappa shape index (κ2) is 6.13. The standard InChI is InChI=1S/C15H17NO4S/c1-8(2)13(15(18)19)16-14(17)12-7-9-6-10(20-3)4-5-11(9)21-12/h4-8,13H,1-3H3,(H,16,17)(H,18,19)/t13-/m0/s1. The Morgan fingerprint density at radius 3 is 2.57 bits per heavy atom. The molecule has 6 heteroatoms. The average molecular weight is 307 g/mol. The third kappa shape index (κ3) is 3.33. The number of amides is 1. The Balaban J connectivity index is 2.25. The number of benzene rings is 1. The second-order valence-electron chi connectivity index (χ2n) is 5.05. The van der Waals surface area contributed by atoms with Gasteiger partial charge in [-0.1, -0.05) is 13.8 Å². The Hall–Kier alpha value is -2.08. The van der Waals surface area contributed by atoms with Crippen LogP contribution >= 0.6 is 11.3 Å². The molecule has 0 radical (unpaired) electrons. The summed E-state index contributed by atoms with van der Waals surface area (Å²) in [4.78, 5) is 23.8. The van der Waals surface area contributed by atoms with Crippen LogP contribution in [0.15, 0.2) is 24.3 Å². The van der Waals surface area contributed by atoms with Crippen molar-refractivity contribution in [2.75, 3.05) is 7.11 Å². The first-order chi connectivity index (χ1) is 9.92. The fourth-order valence-electron chi connectivity index (χ4n) is 1.99. The molecule has 1 atom stereocenters. The van der Waals surface area contributed by atoms with E-state index >= 15 is 0 Å². The molecule has 2 rings (SSSR count). The molecule has 2 N–H and O–H groups in total. The van der Waals surface area contributed by atoms with Crippen LogP contribution in [-0.4, -0.2) is 30.1 Å². The number of rotatable bonds is 5. The smallest absolute Gasteiger partial charge is 0.326 e. The number of hydrogen-bond donors (Lipinski definition) is 2. The highest BCUT2D eigenvalue weighted by Crippen LogP contribution is 2.29. The molecule has 0 aliphatic heterocycles. The lowest BCUT2D eigenvalue weighted by atomic mass is 10.0. The van der Waals surface area contributed by atoms with Crippen molar-refractivity contribution in [3.8, 4) is 5.75 Å². The molecule has 1 amide bonds. The van der Waals surface area contributed by atoms with E-state index < -0.39 is 12.0 Å². The molecular weight excluding hydrogens is 290 g/mol. The Morgan fingerprint density at radius 1 is 1.29 bits per heavy atom. The molecule has 0 aliphatic carbocycles. The second-order valence-corrected chi connectivity index (χ2v) is 6.13. The minimum Gasteiger partial charge on any atom is -0.497 e. The van der Waals surface area contributed by atoms with Gasteiger partial charge in [-0.3, -0.25) is 4.79 Å². The van der Waals surface area contributed by atoms with Crippen LogP contribution in [0.4, 0.5) is 0 Å². The number of nitrogens with one attached hydrogen (secondary N) is 1. The first-order valence-electron chi connectivity index (χ1n) is 6.53.